The maximum absolute atomic E-state index is 12.6. The number of aromatic nitrogens is 3. The number of benzene rings is 3. The molecular formula is C23H17Cl3N4OS. The van der Waals surface area contributed by atoms with Crippen molar-refractivity contribution in [3.8, 4) is 17.1 Å². The van der Waals surface area contributed by atoms with Gasteiger partial charge in [-0.15, -0.1) is 10.2 Å². The predicted molar refractivity (Wildman–Crippen MR) is 132 cm³/mol. The first kappa shape index (κ1) is 22.7. The number of carbonyl (C=O) groups excluding carboxylic acids is 1. The number of carbonyl (C=O) groups is 1. The van der Waals surface area contributed by atoms with E-state index in [1.54, 1.807) is 30.3 Å². The summed E-state index contributed by atoms with van der Waals surface area (Å²) < 4.78 is 1.88. The molecule has 0 saturated carbocycles. The highest BCUT2D eigenvalue weighted by Crippen LogP contribution is 2.30. The number of anilines is 1. The summed E-state index contributed by atoms with van der Waals surface area (Å²) in [5.74, 6) is 0.589. The van der Waals surface area contributed by atoms with Crippen molar-refractivity contribution in [1.29, 1.82) is 0 Å². The zero-order chi connectivity index (χ0) is 22.7. The van der Waals surface area contributed by atoms with Crippen molar-refractivity contribution in [1.82, 2.24) is 14.8 Å². The van der Waals surface area contributed by atoms with Gasteiger partial charge < -0.3 is 5.32 Å². The van der Waals surface area contributed by atoms with Gasteiger partial charge in [0.25, 0.3) is 0 Å². The monoisotopic (exact) mass is 502 g/mol. The molecule has 1 heterocycles. The van der Waals surface area contributed by atoms with Gasteiger partial charge in [-0.25, -0.2) is 0 Å². The summed E-state index contributed by atoms with van der Waals surface area (Å²) in [5, 5.41) is 14.0. The molecular weight excluding hydrogens is 487 g/mol. The first-order valence-corrected chi connectivity index (χ1v) is 11.7. The van der Waals surface area contributed by atoms with Crippen molar-refractivity contribution in [3.05, 3.63) is 87.4 Å². The van der Waals surface area contributed by atoms with Gasteiger partial charge in [0.1, 0.15) is 0 Å². The molecule has 0 bridgehead atoms. The highest BCUT2D eigenvalue weighted by atomic mass is 35.5. The van der Waals surface area contributed by atoms with E-state index in [9.17, 15) is 4.79 Å². The summed E-state index contributed by atoms with van der Waals surface area (Å²) >= 11 is 19.7. The number of hydrogen-bond acceptors (Lipinski definition) is 4. The maximum Gasteiger partial charge on any atom is 0.234 e. The predicted octanol–water partition coefficient (Wildman–Crippen LogP) is 6.93. The Morgan fingerprint density at radius 3 is 2.47 bits per heavy atom. The van der Waals surface area contributed by atoms with Crippen LogP contribution < -0.4 is 5.32 Å². The lowest BCUT2D eigenvalue weighted by Gasteiger charge is -2.12. The molecule has 1 N–H and O–H groups in total. The Hall–Kier alpha value is -2.51. The van der Waals surface area contributed by atoms with E-state index in [0.717, 1.165) is 16.8 Å². The van der Waals surface area contributed by atoms with Gasteiger partial charge in [-0.2, -0.15) is 0 Å². The molecule has 0 radical (unpaired) electrons. The average Bonchev–Trinajstić information content (AvgIpc) is 3.20. The first-order chi connectivity index (χ1) is 15.4. The van der Waals surface area contributed by atoms with Crippen molar-refractivity contribution in [2.75, 3.05) is 11.1 Å². The number of rotatable bonds is 6. The quantitative estimate of drug-likeness (QED) is 0.290. The second-order valence-electron chi connectivity index (χ2n) is 6.88. The van der Waals surface area contributed by atoms with E-state index in [1.165, 1.54) is 11.8 Å². The minimum atomic E-state index is -0.171. The lowest BCUT2D eigenvalue weighted by Crippen LogP contribution is -2.15. The lowest BCUT2D eigenvalue weighted by atomic mass is 10.2. The molecule has 0 spiro atoms. The van der Waals surface area contributed by atoms with Crippen molar-refractivity contribution in [2.45, 2.75) is 12.1 Å². The zero-order valence-corrected chi connectivity index (χ0v) is 19.9. The van der Waals surface area contributed by atoms with Gasteiger partial charge in [-0.1, -0.05) is 64.8 Å². The molecule has 0 atom stereocenters. The van der Waals surface area contributed by atoms with Crippen LogP contribution in [0.2, 0.25) is 15.1 Å². The Labute approximate surface area is 204 Å². The van der Waals surface area contributed by atoms with Gasteiger partial charge in [0.2, 0.25) is 5.91 Å². The molecule has 1 aromatic heterocycles. The van der Waals surface area contributed by atoms with E-state index >= 15 is 0 Å². The van der Waals surface area contributed by atoms with Crippen LogP contribution in [0.4, 0.5) is 5.69 Å². The van der Waals surface area contributed by atoms with E-state index in [4.69, 9.17) is 34.8 Å². The standard InChI is InChI=1S/C23H17Cl3N4OS/c1-14-19(26)6-3-7-20(14)27-21(31)13-32-23-29-28-22(15-4-2-5-17(25)12-15)30(23)18-10-8-16(24)9-11-18/h2-12H,13H2,1H3,(H,27,31). The molecule has 0 aliphatic rings. The summed E-state index contributed by atoms with van der Waals surface area (Å²) in [6, 6.07) is 20.1. The number of halogens is 3. The van der Waals surface area contributed by atoms with Gasteiger partial charge in [0.15, 0.2) is 11.0 Å². The summed E-state index contributed by atoms with van der Waals surface area (Å²) in [5.41, 5.74) is 3.13. The molecule has 162 valence electrons. The van der Waals surface area contributed by atoms with Crippen molar-refractivity contribution >= 4 is 58.2 Å². The normalized spacial score (nSPS) is 10.9. The van der Waals surface area contributed by atoms with Crippen LogP contribution in [0.1, 0.15) is 5.56 Å². The van der Waals surface area contributed by atoms with Crippen LogP contribution in [0.5, 0.6) is 0 Å². The SMILES string of the molecule is Cc1c(Cl)cccc1NC(=O)CSc1nnc(-c2cccc(Cl)c2)n1-c1ccc(Cl)cc1. The number of thioether (sulfide) groups is 1. The van der Waals surface area contributed by atoms with Gasteiger partial charge in [0.05, 0.1) is 5.75 Å². The average molecular weight is 504 g/mol. The highest BCUT2D eigenvalue weighted by Gasteiger charge is 2.18. The third kappa shape index (κ3) is 5.10. The fourth-order valence-corrected chi connectivity index (χ4v) is 4.30. The molecule has 32 heavy (non-hydrogen) atoms. The second kappa shape index (κ2) is 9.96. The molecule has 0 aliphatic carbocycles. The molecule has 4 rings (SSSR count). The van der Waals surface area contributed by atoms with Crippen LogP contribution in [0, 0.1) is 6.92 Å². The zero-order valence-electron chi connectivity index (χ0n) is 16.8. The Balaban J connectivity index is 1.61. The molecule has 5 nitrogen and oxygen atoms in total. The fraction of sp³-hybridized carbons (Fsp3) is 0.0870. The summed E-state index contributed by atoms with van der Waals surface area (Å²) in [7, 11) is 0. The van der Waals surface area contributed by atoms with Crippen molar-refractivity contribution < 1.29 is 4.79 Å². The van der Waals surface area contributed by atoms with Gasteiger partial charge in [-0.05, 0) is 61.0 Å². The highest BCUT2D eigenvalue weighted by molar-refractivity contribution is 7.99. The maximum atomic E-state index is 12.6. The second-order valence-corrected chi connectivity index (χ2v) is 9.10. The van der Waals surface area contributed by atoms with Crippen LogP contribution in [0.15, 0.2) is 71.9 Å². The van der Waals surface area contributed by atoms with E-state index in [1.807, 2.05) is 47.9 Å². The van der Waals surface area contributed by atoms with Crippen LogP contribution >= 0.6 is 46.6 Å². The van der Waals surface area contributed by atoms with Crippen LogP contribution in [0.25, 0.3) is 17.1 Å². The topological polar surface area (TPSA) is 59.8 Å². The molecule has 0 fully saturated rings. The van der Waals surface area contributed by atoms with E-state index in [-0.39, 0.29) is 11.7 Å². The third-order valence-corrected chi connectivity index (χ3v) is 6.50. The number of nitrogens with one attached hydrogen (secondary N) is 1. The Morgan fingerprint density at radius 2 is 1.72 bits per heavy atom. The fourth-order valence-electron chi connectivity index (χ4n) is 3.06. The van der Waals surface area contributed by atoms with Crippen molar-refractivity contribution in [3.63, 3.8) is 0 Å². The molecule has 9 heteroatoms. The summed E-state index contributed by atoms with van der Waals surface area (Å²) in [6.07, 6.45) is 0. The first-order valence-electron chi connectivity index (χ1n) is 9.57. The van der Waals surface area contributed by atoms with E-state index in [2.05, 4.69) is 15.5 Å². The van der Waals surface area contributed by atoms with Crippen LogP contribution in [-0.2, 0) is 4.79 Å². The molecule has 4 aromatic rings. The van der Waals surface area contributed by atoms with Crippen molar-refractivity contribution in [2.24, 2.45) is 0 Å². The minimum absolute atomic E-state index is 0.146. The summed E-state index contributed by atoms with van der Waals surface area (Å²) in [4.78, 5) is 12.6. The Bertz CT molecular complexity index is 1270. The minimum Gasteiger partial charge on any atom is -0.325 e. The lowest BCUT2D eigenvalue weighted by molar-refractivity contribution is -0.113. The number of hydrogen-bond donors (Lipinski definition) is 1. The smallest absolute Gasteiger partial charge is 0.234 e. The molecule has 3 aromatic carbocycles. The Morgan fingerprint density at radius 1 is 0.969 bits per heavy atom. The largest absolute Gasteiger partial charge is 0.325 e. The molecule has 1 amide bonds. The Kier molecular flexibility index (Phi) is 7.06. The third-order valence-electron chi connectivity index (χ3n) is 4.68. The van der Waals surface area contributed by atoms with Gasteiger partial charge in [0, 0.05) is 32.0 Å². The molecule has 0 unspecified atom stereocenters. The number of amides is 1. The van der Waals surface area contributed by atoms with E-state index < -0.39 is 0 Å². The van der Waals surface area contributed by atoms with Crippen LogP contribution in [0.3, 0.4) is 0 Å². The van der Waals surface area contributed by atoms with Gasteiger partial charge >= 0.3 is 0 Å². The van der Waals surface area contributed by atoms with Gasteiger partial charge in [-0.3, -0.25) is 9.36 Å². The van der Waals surface area contributed by atoms with Crippen LogP contribution in [-0.4, -0.2) is 26.4 Å². The molecule has 0 aliphatic heterocycles. The molecule has 0 saturated heterocycles. The number of nitrogens with zero attached hydrogens (tertiary/aromatic N) is 3. The van der Waals surface area contributed by atoms with E-state index in [0.29, 0.717) is 31.7 Å². The summed E-state index contributed by atoms with van der Waals surface area (Å²) in [6.45, 7) is 1.86.